The molecule has 0 spiro atoms. The molecule has 3 heterocycles. The number of carbonyl (C=O) groups excluding carboxylic acids is 2. The molecule has 7 heteroatoms. The predicted octanol–water partition coefficient (Wildman–Crippen LogP) is 2.92. The summed E-state index contributed by atoms with van der Waals surface area (Å²) in [5.41, 5.74) is -1.56. The third kappa shape index (κ3) is 3.23. The minimum absolute atomic E-state index is 0.233. The van der Waals surface area contributed by atoms with E-state index in [2.05, 4.69) is 10.3 Å². The van der Waals surface area contributed by atoms with Crippen molar-refractivity contribution >= 4 is 17.8 Å². The Kier molecular flexibility index (Phi) is 5.21. The third-order valence-electron chi connectivity index (χ3n) is 7.05. The molecular formula is C23H31N3O4. The lowest BCUT2D eigenvalue weighted by molar-refractivity contribution is -0.154. The van der Waals surface area contributed by atoms with Crippen molar-refractivity contribution in [3.05, 3.63) is 30.1 Å². The fraction of sp³-hybridized carbons (Fsp3) is 0.652. The fourth-order valence-corrected chi connectivity index (χ4v) is 5.80. The molecule has 1 aromatic rings. The molecule has 30 heavy (non-hydrogen) atoms. The molecule has 3 fully saturated rings. The van der Waals surface area contributed by atoms with Gasteiger partial charge in [0.2, 0.25) is 11.8 Å². The van der Waals surface area contributed by atoms with E-state index in [9.17, 15) is 19.5 Å². The maximum Gasteiger partial charge on any atom is 0.324 e. The number of imide groups is 1. The van der Waals surface area contributed by atoms with Crippen LogP contribution in [0.4, 0.5) is 0 Å². The molecule has 1 saturated carbocycles. The topological polar surface area (TPSA) is 99.6 Å². The number of nitrogens with one attached hydrogen (secondary N) is 1. The van der Waals surface area contributed by atoms with E-state index >= 15 is 0 Å². The van der Waals surface area contributed by atoms with E-state index in [1.54, 1.807) is 18.3 Å². The number of amides is 2. The molecule has 3 aliphatic rings. The van der Waals surface area contributed by atoms with Crippen LogP contribution in [-0.4, -0.2) is 43.9 Å². The molecule has 4 atom stereocenters. The van der Waals surface area contributed by atoms with E-state index in [0.717, 1.165) is 25.7 Å². The Morgan fingerprint density at radius 2 is 1.90 bits per heavy atom. The Balaban J connectivity index is 1.81. The van der Waals surface area contributed by atoms with E-state index in [-0.39, 0.29) is 17.7 Å². The van der Waals surface area contributed by atoms with Crippen molar-refractivity contribution in [1.29, 1.82) is 0 Å². The van der Waals surface area contributed by atoms with Crippen LogP contribution in [0.2, 0.25) is 0 Å². The number of pyridine rings is 1. The number of nitrogens with zero attached hydrogens (tertiary/aromatic N) is 2. The lowest BCUT2D eigenvalue weighted by Crippen LogP contribution is -2.58. The Bertz CT molecular complexity index is 844. The molecule has 2 N–H and O–H groups in total. The molecule has 0 radical (unpaired) electrons. The van der Waals surface area contributed by atoms with Gasteiger partial charge in [0.15, 0.2) is 0 Å². The van der Waals surface area contributed by atoms with Gasteiger partial charge in [0.25, 0.3) is 0 Å². The molecule has 2 saturated heterocycles. The van der Waals surface area contributed by atoms with E-state index < -0.39 is 34.9 Å². The smallest absolute Gasteiger partial charge is 0.324 e. The average Bonchev–Trinajstić information content (AvgIpc) is 3.18. The Hall–Kier alpha value is -2.28. The SMILES string of the molecule is CC(C)(C)N1C(=O)C2C(c3ccccn3)NC(CC3CCCCC3)(C(=O)O)C2C1=O. The standard InChI is InChI=1S/C23H31N3O4/c1-22(2,3)26-19(27)16-17(20(26)28)23(21(29)30,13-14-9-5-4-6-10-14)25-18(16)15-11-7-8-12-24-15/h7-8,11-12,14,16-18,25H,4-6,9-10,13H2,1-3H3,(H,29,30). The summed E-state index contributed by atoms with van der Waals surface area (Å²) < 4.78 is 0. The summed E-state index contributed by atoms with van der Waals surface area (Å²) >= 11 is 0. The van der Waals surface area contributed by atoms with E-state index in [1.165, 1.54) is 11.3 Å². The van der Waals surface area contributed by atoms with Crippen molar-refractivity contribution in [3.8, 4) is 0 Å². The van der Waals surface area contributed by atoms with Crippen LogP contribution in [0, 0.1) is 17.8 Å². The van der Waals surface area contributed by atoms with Crippen molar-refractivity contribution in [2.45, 2.75) is 76.4 Å². The molecule has 1 aromatic heterocycles. The number of hydrogen-bond donors (Lipinski definition) is 2. The van der Waals surface area contributed by atoms with Crippen molar-refractivity contribution in [2.24, 2.45) is 17.8 Å². The van der Waals surface area contributed by atoms with Crippen LogP contribution in [0.1, 0.15) is 71.0 Å². The average molecular weight is 414 g/mol. The van der Waals surface area contributed by atoms with E-state index in [1.807, 2.05) is 26.8 Å². The highest BCUT2D eigenvalue weighted by Crippen LogP contribution is 2.52. The first-order chi connectivity index (χ1) is 14.2. The molecule has 4 rings (SSSR count). The molecule has 2 aliphatic heterocycles. The minimum Gasteiger partial charge on any atom is -0.480 e. The minimum atomic E-state index is -1.46. The quantitative estimate of drug-likeness (QED) is 0.737. The van der Waals surface area contributed by atoms with Crippen molar-refractivity contribution in [2.75, 3.05) is 0 Å². The van der Waals surface area contributed by atoms with Gasteiger partial charge in [-0.05, 0) is 45.2 Å². The maximum atomic E-state index is 13.6. The number of carbonyl (C=O) groups is 3. The zero-order valence-electron chi connectivity index (χ0n) is 17.9. The molecule has 0 aromatic carbocycles. The summed E-state index contributed by atoms with van der Waals surface area (Å²) in [6.45, 7) is 5.45. The zero-order chi connectivity index (χ0) is 21.7. The monoisotopic (exact) mass is 413 g/mol. The molecule has 1 aliphatic carbocycles. The number of hydrogen-bond acceptors (Lipinski definition) is 5. The normalized spacial score (nSPS) is 32.5. The highest BCUT2D eigenvalue weighted by Gasteiger charge is 2.69. The van der Waals surface area contributed by atoms with Gasteiger partial charge >= 0.3 is 5.97 Å². The number of aromatic nitrogens is 1. The van der Waals surface area contributed by atoms with Gasteiger partial charge < -0.3 is 5.11 Å². The fourth-order valence-electron chi connectivity index (χ4n) is 5.80. The highest BCUT2D eigenvalue weighted by atomic mass is 16.4. The lowest BCUT2D eigenvalue weighted by atomic mass is 9.72. The van der Waals surface area contributed by atoms with Gasteiger partial charge in [-0.25, -0.2) is 0 Å². The number of aliphatic carboxylic acids is 1. The van der Waals surface area contributed by atoms with Crippen molar-refractivity contribution in [3.63, 3.8) is 0 Å². The molecule has 162 valence electrons. The van der Waals surface area contributed by atoms with Gasteiger partial charge in [0.1, 0.15) is 5.54 Å². The van der Waals surface area contributed by atoms with Crippen LogP contribution in [0.15, 0.2) is 24.4 Å². The molecular weight excluding hydrogens is 382 g/mol. The highest BCUT2D eigenvalue weighted by molar-refractivity contribution is 6.10. The number of rotatable bonds is 4. The van der Waals surface area contributed by atoms with Gasteiger partial charge in [-0.3, -0.25) is 29.6 Å². The van der Waals surface area contributed by atoms with Crippen LogP contribution in [0.25, 0.3) is 0 Å². The summed E-state index contributed by atoms with van der Waals surface area (Å²) in [5.74, 6) is -3.16. The summed E-state index contributed by atoms with van der Waals surface area (Å²) in [7, 11) is 0. The summed E-state index contributed by atoms with van der Waals surface area (Å²) in [5, 5.41) is 13.7. The Labute approximate surface area is 177 Å². The summed E-state index contributed by atoms with van der Waals surface area (Å²) in [4.78, 5) is 45.5. The predicted molar refractivity (Wildman–Crippen MR) is 110 cm³/mol. The summed E-state index contributed by atoms with van der Waals surface area (Å²) in [6, 6.07) is 4.81. The molecule has 0 bridgehead atoms. The van der Waals surface area contributed by atoms with Gasteiger partial charge in [-0.2, -0.15) is 0 Å². The van der Waals surface area contributed by atoms with Crippen LogP contribution in [0.3, 0.4) is 0 Å². The van der Waals surface area contributed by atoms with Crippen LogP contribution in [0.5, 0.6) is 0 Å². The van der Waals surface area contributed by atoms with Crippen LogP contribution >= 0.6 is 0 Å². The summed E-state index contributed by atoms with van der Waals surface area (Å²) in [6.07, 6.45) is 7.27. The lowest BCUT2D eigenvalue weighted by Gasteiger charge is -2.37. The second-order valence-corrected chi connectivity index (χ2v) is 10.0. The molecule has 2 amide bonds. The number of carboxylic acid groups (broad SMARTS) is 1. The maximum absolute atomic E-state index is 13.6. The van der Waals surface area contributed by atoms with E-state index in [0.29, 0.717) is 12.1 Å². The van der Waals surface area contributed by atoms with Gasteiger partial charge in [-0.15, -0.1) is 0 Å². The van der Waals surface area contributed by atoms with Gasteiger partial charge in [-0.1, -0.05) is 38.2 Å². The first-order valence-corrected chi connectivity index (χ1v) is 11.0. The van der Waals surface area contributed by atoms with Crippen LogP contribution < -0.4 is 5.32 Å². The molecule has 4 unspecified atom stereocenters. The second-order valence-electron chi connectivity index (χ2n) is 10.0. The van der Waals surface area contributed by atoms with Crippen molar-refractivity contribution in [1.82, 2.24) is 15.2 Å². The third-order valence-corrected chi connectivity index (χ3v) is 7.05. The van der Waals surface area contributed by atoms with Gasteiger partial charge in [0, 0.05) is 11.7 Å². The van der Waals surface area contributed by atoms with Gasteiger partial charge in [0.05, 0.1) is 23.6 Å². The zero-order valence-corrected chi connectivity index (χ0v) is 17.9. The van der Waals surface area contributed by atoms with Crippen LogP contribution in [-0.2, 0) is 14.4 Å². The number of fused-ring (bicyclic) bond motifs is 1. The Morgan fingerprint density at radius 3 is 2.47 bits per heavy atom. The largest absolute Gasteiger partial charge is 0.480 e. The van der Waals surface area contributed by atoms with Crippen molar-refractivity contribution < 1.29 is 19.5 Å². The number of likely N-dealkylation sites (tertiary alicyclic amines) is 1. The molecule has 7 nitrogen and oxygen atoms in total. The Morgan fingerprint density at radius 1 is 1.20 bits per heavy atom. The first kappa shape index (κ1) is 21.0. The first-order valence-electron chi connectivity index (χ1n) is 11.0. The number of carboxylic acids is 1. The van der Waals surface area contributed by atoms with E-state index in [4.69, 9.17) is 0 Å². The second kappa shape index (κ2) is 7.45.